The quantitative estimate of drug-likeness (QED) is 0.448. The van der Waals surface area contributed by atoms with Gasteiger partial charge >= 0.3 is 0 Å². The average molecular weight is 201 g/mol. The minimum atomic E-state index is 1.12. The summed E-state index contributed by atoms with van der Waals surface area (Å²) in [4.78, 5) is 0. The molecule has 15 heavy (non-hydrogen) atoms. The van der Waals surface area contributed by atoms with Crippen LogP contribution in [0.15, 0.2) is 36.4 Å². The molecule has 1 aromatic carbocycles. The molecule has 0 aliphatic rings. The summed E-state index contributed by atoms with van der Waals surface area (Å²) in [5.74, 6) is 0. The summed E-state index contributed by atoms with van der Waals surface area (Å²) in [7, 11) is 0. The summed E-state index contributed by atoms with van der Waals surface area (Å²) in [6, 6.07) is 11.5. The van der Waals surface area contributed by atoms with E-state index in [2.05, 4.69) is 37.3 Å². The Morgan fingerprint density at radius 1 is 1.13 bits per heavy atom. The molecule has 0 fully saturated rings. The van der Waals surface area contributed by atoms with E-state index in [9.17, 15) is 0 Å². The summed E-state index contributed by atoms with van der Waals surface area (Å²) in [5.41, 5.74) is 1.32. The molecule has 0 saturated carbocycles. The molecule has 0 heterocycles. The molecule has 0 amide bonds. The van der Waals surface area contributed by atoms with E-state index < -0.39 is 0 Å². The van der Waals surface area contributed by atoms with Gasteiger partial charge in [-0.2, -0.15) is 0 Å². The van der Waals surface area contributed by atoms with Gasteiger partial charge in [0.1, 0.15) is 0 Å². The van der Waals surface area contributed by atoms with Gasteiger partial charge in [-0.3, -0.25) is 0 Å². The van der Waals surface area contributed by atoms with E-state index in [1.807, 2.05) is 12.1 Å². The standard InChI is InChI=1S/C15H21/c1-2-3-4-5-6-7-9-12-15-13-10-8-11-14-15/h6-8,10-11,13H,2-5,9,12H2,1H3. The molecule has 1 aromatic rings. The molecule has 0 bridgehead atoms. The minimum absolute atomic E-state index is 1.12. The maximum absolute atomic E-state index is 3.25. The first-order chi connectivity index (χ1) is 7.43. The fourth-order valence-electron chi connectivity index (χ4n) is 1.57. The topological polar surface area (TPSA) is 0 Å². The zero-order chi connectivity index (χ0) is 10.8. The highest BCUT2D eigenvalue weighted by atomic mass is 13.9. The second-order valence-electron chi connectivity index (χ2n) is 3.89. The average Bonchev–Trinajstić information content (AvgIpc) is 2.29. The van der Waals surface area contributed by atoms with E-state index in [4.69, 9.17) is 0 Å². The highest BCUT2D eigenvalue weighted by Gasteiger charge is 1.88. The zero-order valence-corrected chi connectivity index (χ0v) is 9.71. The van der Waals surface area contributed by atoms with Crippen LogP contribution in [0, 0.1) is 6.07 Å². The molecule has 0 atom stereocenters. The van der Waals surface area contributed by atoms with Crippen LogP contribution < -0.4 is 0 Å². The van der Waals surface area contributed by atoms with E-state index in [1.165, 1.54) is 31.2 Å². The molecule has 0 aliphatic carbocycles. The minimum Gasteiger partial charge on any atom is -0.0885 e. The smallest absolute Gasteiger partial charge is 0.0149 e. The van der Waals surface area contributed by atoms with Crippen LogP contribution in [0.25, 0.3) is 0 Å². The van der Waals surface area contributed by atoms with Gasteiger partial charge in [0.2, 0.25) is 0 Å². The molecule has 0 nitrogen and oxygen atoms in total. The molecule has 0 heteroatoms. The van der Waals surface area contributed by atoms with E-state index in [-0.39, 0.29) is 0 Å². The van der Waals surface area contributed by atoms with Gasteiger partial charge < -0.3 is 0 Å². The Kier molecular flexibility index (Phi) is 6.64. The van der Waals surface area contributed by atoms with Crippen LogP contribution in [0.1, 0.15) is 44.6 Å². The summed E-state index contributed by atoms with van der Waals surface area (Å²) in [6.07, 6.45) is 12.1. The van der Waals surface area contributed by atoms with Crippen molar-refractivity contribution in [2.24, 2.45) is 0 Å². The molecule has 1 rings (SSSR count). The van der Waals surface area contributed by atoms with E-state index in [0.29, 0.717) is 0 Å². The number of rotatable bonds is 7. The molecule has 0 aromatic heterocycles. The number of benzene rings is 1. The third kappa shape index (κ3) is 6.11. The molecule has 81 valence electrons. The van der Waals surface area contributed by atoms with Gasteiger partial charge in [-0.15, -0.1) is 0 Å². The first kappa shape index (κ1) is 12.0. The predicted octanol–water partition coefficient (Wildman–Crippen LogP) is 4.56. The van der Waals surface area contributed by atoms with Gasteiger partial charge in [0.15, 0.2) is 0 Å². The van der Waals surface area contributed by atoms with Gasteiger partial charge in [0.05, 0.1) is 0 Å². The van der Waals surface area contributed by atoms with E-state index >= 15 is 0 Å². The van der Waals surface area contributed by atoms with E-state index in [1.54, 1.807) is 0 Å². The molecule has 1 radical (unpaired) electrons. The zero-order valence-electron chi connectivity index (χ0n) is 9.71. The SMILES string of the molecule is CCCCCC=CCCc1[c]cccc1. The number of allylic oxidation sites excluding steroid dienone is 2. The van der Waals surface area contributed by atoms with Crippen LogP contribution in [0.3, 0.4) is 0 Å². The van der Waals surface area contributed by atoms with Crippen LogP contribution in [-0.4, -0.2) is 0 Å². The van der Waals surface area contributed by atoms with Crippen molar-refractivity contribution in [2.45, 2.75) is 45.4 Å². The highest BCUT2D eigenvalue weighted by molar-refractivity contribution is 5.13. The van der Waals surface area contributed by atoms with Crippen LogP contribution in [0.4, 0.5) is 0 Å². The lowest BCUT2D eigenvalue weighted by atomic mass is 10.1. The van der Waals surface area contributed by atoms with Gasteiger partial charge in [-0.05, 0) is 37.3 Å². The fourth-order valence-corrected chi connectivity index (χ4v) is 1.57. The van der Waals surface area contributed by atoms with Crippen molar-refractivity contribution in [2.75, 3.05) is 0 Å². The number of unbranched alkanes of at least 4 members (excludes halogenated alkanes) is 3. The highest BCUT2D eigenvalue weighted by Crippen LogP contribution is 2.04. The summed E-state index contributed by atoms with van der Waals surface area (Å²) in [6.45, 7) is 2.24. The lowest BCUT2D eigenvalue weighted by molar-refractivity contribution is 0.728. The first-order valence-corrected chi connectivity index (χ1v) is 6.04. The second-order valence-corrected chi connectivity index (χ2v) is 3.89. The van der Waals surface area contributed by atoms with Gasteiger partial charge in [-0.1, -0.05) is 56.2 Å². The van der Waals surface area contributed by atoms with Crippen LogP contribution in [-0.2, 0) is 6.42 Å². The van der Waals surface area contributed by atoms with Crippen LogP contribution in [0.5, 0.6) is 0 Å². The molecule has 0 N–H and O–H groups in total. The lowest BCUT2D eigenvalue weighted by Gasteiger charge is -1.96. The Bertz CT molecular complexity index is 259. The van der Waals surface area contributed by atoms with Crippen LogP contribution in [0.2, 0.25) is 0 Å². The Balaban J connectivity index is 2.06. The van der Waals surface area contributed by atoms with Gasteiger partial charge in [-0.25, -0.2) is 0 Å². The summed E-state index contributed by atoms with van der Waals surface area (Å²) < 4.78 is 0. The summed E-state index contributed by atoms with van der Waals surface area (Å²) >= 11 is 0. The number of hydrogen-bond donors (Lipinski definition) is 0. The molecular formula is C15H21. The van der Waals surface area contributed by atoms with E-state index in [0.717, 1.165) is 12.8 Å². The van der Waals surface area contributed by atoms with Gasteiger partial charge in [0, 0.05) is 0 Å². The van der Waals surface area contributed by atoms with Crippen molar-refractivity contribution in [1.82, 2.24) is 0 Å². The molecule has 0 aliphatic heterocycles. The Morgan fingerprint density at radius 2 is 2.00 bits per heavy atom. The molecule has 0 spiro atoms. The van der Waals surface area contributed by atoms with Crippen molar-refractivity contribution in [3.63, 3.8) is 0 Å². The van der Waals surface area contributed by atoms with Crippen LogP contribution >= 0.6 is 0 Å². The van der Waals surface area contributed by atoms with Crippen molar-refractivity contribution < 1.29 is 0 Å². The Morgan fingerprint density at radius 3 is 2.73 bits per heavy atom. The van der Waals surface area contributed by atoms with Crippen molar-refractivity contribution in [3.05, 3.63) is 48.0 Å². The van der Waals surface area contributed by atoms with Gasteiger partial charge in [0.25, 0.3) is 0 Å². The first-order valence-electron chi connectivity index (χ1n) is 6.04. The number of hydrogen-bond acceptors (Lipinski definition) is 0. The largest absolute Gasteiger partial charge is 0.0885 e. The predicted molar refractivity (Wildman–Crippen MR) is 66.9 cm³/mol. The fraction of sp³-hybridized carbons (Fsp3) is 0.467. The number of aryl methyl sites for hydroxylation is 1. The molecule has 0 unspecified atom stereocenters. The molecule has 0 saturated heterocycles. The third-order valence-corrected chi connectivity index (χ3v) is 2.49. The monoisotopic (exact) mass is 201 g/mol. The third-order valence-electron chi connectivity index (χ3n) is 2.49. The summed E-state index contributed by atoms with van der Waals surface area (Å²) in [5, 5.41) is 0. The Hall–Kier alpha value is -1.04. The maximum Gasteiger partial charge on any atom is -0.0149 e. The van der Waals surface area contributed by atoms with Crippen molar-refractivity contribution >= 4 is 0 Å². The van der Waals surface area contributed by atoms with Crippen molar-refractivity contribution in [1.29, 1.82) is 0 Å². The van der Waals surface area contributed by atoms with Crippen molar-refractivity contribution in [3.8, 4) is 0 Å². The second kappa shape index (κ2) is 8.28. The Labute approximate surface area is 94.0 Å². The maximum atomic E-state index is 3.25. The molecular weight excluding hydrogens is 180 g/mol. The normalized spacial score (nSPS) is 11.0. The lowest BCUT2D eigenvalue weighted by Crippen LogP contribution is -1.81.